The molecule has 1 aliphatic carbocycles. The molecule has 4 nitrogen and oxygen atoms in total. The van der Waals surface area contributed by atoms with Gasteiger partial charge in [-0.1, -0.05) is 19.3 Å². The molecular weight excluding hydrogens is 262 g/mol. The number of likely N-dealkylation sites (tertiary alicyclic amines) is 1. The standard InChI is InChI=1S/C17H25N3O/c18-14-4-5-15(19-13-14)12-16(21)20-10-8-17(9-11-20)6-2-1-3-7-17/h4-5,13H,1-3,6-12,18H2. The lowest BCUT2D eigenvalue weighted by Gasteiger charge is -2.44. The molecular formula is C17H25N3O. The van der Waals surface area contributed by atoms with Gasteiger partial charge in [0.05, 0.1) is 18.3 Å². The van der Waals surface area contributed by atoms with Gasteiger partial charge in [-0.3, -0.25) is 9.78 Å². The van der Waals surface area contributed by atoms with Crippen LogP contribution in [0.15, 0.2) is 18.3 Å². The van der Waals surface area contributed by atoms with Gasteiger partial charge in [-0.25, -0.2) is 0 Å². The van der Waals surface area contributed by atoms with Crippen molar-refractivity contribution in [2.24, 2.45) is 5.41 Å². The summed E-state index contributed by atoms with van der Waals surface area (Å²) in [5.74, 6) is 0.206. The number of rotatable bonds is 2. The Hall–Kier alpha value is -1.58. The minimum atomic E-state index is 0.206. The van der Waals surface area contributed by atoms with Gasteiger partial charge in [-0.15, -0.1) is 0 Å². The molecule has 1 aromatic heterocycles. The summed E-state index contributed by atoms with van der Waals surface area (Å²) < 4.78 is 0. The monoisotopic (exact) mass is 287 g/mol. The lowest BCUT2D eigenvalue weighted by Crippen LogP contribution is -2.44. The molecule has 0 aromatic carbocycles. The molecule has 114 valence electrons. The number of piperidine rings is 1. The molecule has 2 aliphatic rings. The third-order valence-electron chi connectivity index (χ3n) is 5.27. The maximum Gasteiger partial charge on any atom is 0.228 e. The number of hydrogen-bond acceptors (Lipinski definition) is 3. The second-order valence-corrected chi connectivity index (χ2v) is 6.70. The van der Waals surface area contributed by atoms with E-state index in [1.165, 1.54) is 44.9 Å². The molecule has 21 heavy (non-hydrogen) atoms. The Labute approximate surface area is 126 Å². The number of carbonyl (C=O) groups excluding carboxylic acids is 1. The van der Waals surface area contributed by atoms with Crippen LogP contribution in [0.1, 0.15) is 50.6 Å². The molecule has 1 aromatic rings. The van der Waals surface area contributed by atoms with Crippen molar-refractivity contribution in [1.82, 2.24) is 9.88 Å². The van der Waals surface area contributed by atoms with Crippen LogP contribution in [0.25, 0.3) is 0 Å². The summed E-state index contributed by atoms with van der Waals surface area (Å²) in [6.45, 7) is 1.85. The van der Waals surface area contributed by atoms with Crippen molar-refractivity contribution in [2.45, 2.75) is 51.4 Å². The van der Waals surface area contributed by atoms with Crippen LogP contribution in [0.3, 0.4) is 0 Å². The highest BCUT2D eigenvalue weighted by Crippen LogP contribution is 2.44. The molecule has 0 radical (unpaired) electrons. The number of carbonyl (C=O) groups is 1. The molecule has 1 saturated heterocycles. The van der Waals surface area contributed by atoms with Gasteiger partial charge in [0.2, 0.25) is 5.91 Å². The second kappa shape index (κ2) is 6.04. The molecule has 0 bridgehead atoms. The van der Waals surface area contributed by atoms with E-state index in [0.29, 0.717) is 17.5 Å². The van der Waals surface area contributed by atoms with Gasteiger partial charge in [-0.2, -0.15) is 0 Å². The fourth-order valence-corrected chi connectivity index (χ4v) is 3.84. The van der Waals surface area contributed by atoms with E-state index in [1.807, 2.05) is 17.0 Å². The van der Waals surface area contributed by atoms with Crippen LogP contribution in [0.2, 0.25) is 0 Å². The predicted octanol–water partition coefficient (Wildman–Crippen LogP) is 2.78. The summed E-state index contributed by atoms with van der Waals surface area (Å²) >= 11 is 0. The summed E-state index contributed by atoms with van der Waals surface area (Å²) in [5, 5.41) is 0. The maximum atomic E-state index is 12.4. The number of nitrogen functional groups attached to an aromatic ring is 1. The fourth-order valence-electron chi connectivity index (χ4n) is 3.84. The van der Waals surface area contributed by atoms with E-state index in [1.54, 1.807) is 6.20 Å². The van der Waals surface area contributed by atoms with Gasteiger partial charge >= 0.3 is 0 Å². The van der Waals surface area contributed by atoms with Crippen LogP contribution in [-0.2, 0) is 11.2 Å². The van der Waals surface area contributed by atoms with Crippen molar-refractivity contribution in [1.29, 1.82) is 0 Å². The highest BCUT2D eigenvalue weighted by Gasteiger charge is 2.36. The molecule has 2 fully saturated rings. The van der Waals surface area contributed by atoms with Crippen LogP contribution >= 0.6 is 0 Å². The van der Waals surface area contributed by atoms with Crippen molar-refractivity contribution >= 4 is 11.6 Å². The quantitative estimate of drug-likeness (QED) is 0.910. The van der Waals surface area contributed by atoms with E-state index in [0.717, 1.165) is 18.8 Å². The number of hydrogen-bond donors (Lipinski definition) is 1. The summed E-state index contributed by atoms with van der Waals surface area (Å²) in [4.78, 5) is 18.6. The normalized spacial score (nSPS) is 21.4. The van der Waals surface area contributed by atoms with Crippen molar-refractivity contribution in [3.8, 4) is 0 Å². The van der Waals surface area contributed by atoms with E-state index < -0.39 is 0 Å². The van der Waals surface area contributed by atoms with Gasteiger partial charge in [0.25, 0.3) is 0 Å². The van der Waals surface area contributed by atoms with Crippen LogP contribution in [0, 0.1) is 5.41 Å². The molecule has 0 atom stereocenters. The van der Waals surface area contributed by atoms with Crippen LogP contribution in [-0.4, -0.2) is 28.9 Å². The highest BCUT2D eigenvalue weighted by molar-refractivity contribution is 5.78. The number of amides is 1. The van der Waals surface area contributed by atoms with Gasteiger partial charge in [0.1, 0.15) is 0 Å². The third kappa shape index (κ3) is 3.36. The van der Waals surface area contributed by atoms with Gasteiger partial charge < -0.3 is 10.6 Å². The molecule has 1 amide bonds. The van der Waals surface area contributed by atoms with Crippen molar-refractivity contribution in [3.05, 3.63) is 24.0 Å². The number of anilines is 1. The maximum absolute atomic E-state index is 12.4. The lowest BCUT2D eigenvalue weighted by atomic mass is 9.68. The van der Waals surface area contributed by atoms with Gasteiger partial charge in [0.15, 0.2) is 0 Å². The second-order valence-electron chi connectivity index (χ2n) is 6.70. The first kappa shape index (κ1) is 14.4. The first-order valence-corrected chi connectivity index (χ1v) is 8.15. The van der Waals surface area contributed by atoms with E-state index >= 15 is 0 Å². The predicted molar refractivity (Wildman–Crippen MR) is 83.7 cm³/mol. The largest absolute Gasteiger partial charge is 0.397 e. The van der Waals surface area contributed by atoms with E-state index in [-0.39, 0.29) is 5.91 Å². The minimum Gasteiger partial charge on any atom is -0.397 e. The smallest absolute Gasteiger partial charge is 0.228 e. The minimum absolute atomic E-state index is 0.206. The zero-order valence-electron chi connectivity index (χ0n) is 12.7. The van der Waals surface area contributed by atoms with E-state index in [4.69, 9.17) is 5.73 Å². The molecule has 1 spiro atoms. The Morgan fingerprint density at radius 2 is 1.86 bits per heavy atom. The molecule has 1 aliphatic heterocycles. The Kier molecular flexibility index (Phi) is 4.13. The van der Waals surface area contributed by atoms with Crippen LogP contribution < -0.4 is 5.73 Å². The molecule has 2 heterocycles. The van der Waals surface area contributed by atoms with Crippen LogP contribution in [0.4, 0.5) is 5.69 Å². The van der Waals surface area contributed by atoms with E-state index in [2.05, 4.69) is 4.98 Å². The lowest BCUT2D eigenvalue weighted by molar-refractivity contribution is -0.133. The molecule has 0 unspecified atom stereocenters. The zero-order chi connectivity index (χ0) is 14.7. The fraction of sp³-hybridized carbons (Fsp3) is 0.647. The number of pyridine rings is 1. The molecule has 4 heteroatoms. The summed E-state index contributed by atoms with van der Waals surface area (Å²) in [6, 6.07) is 3.66. The molecule has 1 saturated carbocycles. The first-order chi connectivity index (χ1) is 10.2. The SMILES string of the molecule is Nc1ccc(CC(=O)N2CCC3(CCCCC3)CC2)nc1. The van der Waals surface area contributed by atoms with E-state index in [9.17, 15) is 4.79 Å². The zero-order valence-corrected chi connectivity index (χ0v) is 12.7. The van der Waals surface area contributed by atoms with Gasteiger partial charge in [0, 0.05) is 18.8 Å². The Morgan fingerprint density at radius 1 is 1.14 bits per heavy atom. The Morgan fingerprint density at radius 3 is 2.48 bits per heavy atom. The van der Waals surface area contributed by atoms with Crippen LogP contribution in [0.5, 0.6) is 0 Å². The highest BCUT2D eigenvalue weighted by atomic mass is 16.2. The first-order valence-electron chi connectivity index (χ1n) is 8.15. The van der Waals surface area contributed by atoms with Gasteiger partial charge in [-0.05, 0) is 43.2 Å². The van der Waals surface area contributed by atoms with Crippen molar-refractivity contribution in [2.75, 3.05) is 18.8 Å². The Bertz CT molecular complexity index is 481. The summed E-state index contributed by atoms with van der Waals surface area (Å²) in [7, 11) is 0. The topological polar surface area (TPSA) is 59.2 Å². The molecule has 3 rings (SSSR count). The Balaban J connectivity index is 1.54. The average molecular weight is 287 g/mol. The van der Waals surface area contributed by atoms with Crippen molar-refractivity contribution < 1.29 is 4.79 Å². The number of nitrogens with zero attached hydrogens (tertiary/aromatic N) is 2. The molecule has 2 N–H and O–H groups in total. The number of aromatic nitrogens is 1. The summed E-state index contributed by atoms with van der Waals surface area (Å²) in [5.41, 5.74) is 7.63. The third-order valence-corrected chi connectivity index (χ3v) is 5.27. The summed E-state index contributed by atoms with van der Waals surface area (Å²) in [6.07, 6.45) is 11.3. The average Bonchev–Trinajstić information content (AvgIpc) is 2.51. The number of nitrogens with two attached hydrogens (primary N) is 1. The van der Waals surface area contributed by atoms with Crippen molar-refractivity contribution in [3.63, 3.8) is 0 Å².